The lowest BCUT2D eigenvalue weighted by Gasteiger charge is -2.39. The van der Waals surface area contributed by atoms with Crippen molar-refractivity contribution in [3.8, 4) is 0 Å². The van der Waals surface area contributed by atoms with E-state index in [0.29, 0.717) is 58.2 Å². The minimum absolute atomic E-state index is 0.0655. The zero-order chi connectivity index (χ0) is 20.7. The minimum Gasteiger partial charge on any atom is -0.357 e. The lowest BCUT2D eigenvalue weighted by Crippen LogP contribution is -2.56. The molecule has 1 fully saturated rings. The van der Waals surface area contributed by atoms with E-state index in [4.69, 9.17) is 0 Å². The number of rotatable bonds is 8. The van der Waals surface area contributed by atoms with Crippen LogP contribution < -0.4 is 5.32 Å². The third-order valence-electron chi connectivity index (χ3n) is 4.70. The van der Waals surface area contributed by atoms with E-state index in [-0.39, 0.29) is 5.75 Å². The highest BCUT2D eigenvalue weighted by molar-refractivity contribution is 7.89. The average Bonchev–Trinajstić information content (AvgIpc) is 2.62. The van der Waals surface area contributed by atoms with Crippen molar-refractivity contribution in [3.63, 3.8) is 0 Å². The first kappa shape index (κ1) is 24.0. The van der Waals surface area contributed by atoms with E-state index in [1.165, 1.54) is 16.1 Å². The van der Waals surface area contributed by atoms with E-state index in [1.54, 1.807) is 14.0 Å². The van der Waals surface area contributed by atoms with Crippen LogP contribution in [-0.2, 0) is 10.0 Å². The van der Waals surface area contributed by atoms with Crippen LogP contribution in [0.2, 0.25) is 0 Å². The predicted molar refractivity (Wildman–Crippen MR) is 101 cm³/mol. The van der Waals surface area contributed by atoms with Crippen molar-refractivity contribution >= 4 is 16.0 Å². The summed E-state index contributed by atoms with van der Waals surface area (Å²) in [5, 5.41) is 3.16. The Hall–Kier alpha value is -1.07. The molecule has 0 spiro atoms. The zero-order valence-electron chi connectivity index (χ0n) is 16.6. The van der Waals surface area contributed by atoms with Gasteiger partial charge in [0.25, 0.3) is 0 Å². The summed E-state index contributed by atoms with van der Waals surface area (Å²) in [7, 11) is -1.64. The second-order valence-corrected chi connectivity index (χ2v) is 8.92. The third-order valence-corrected chi connectivity index (χ3v) is 6.56. The minimum atomic E-state index is -4.22. The van der Waals surface area contributed by atoms with Crippen LogP contribution in [0.15, 0.2) is 4.99 Å². The summed E-state index contributed by atoms with van der Waals surface area (Å²) < 4.78 is 63.3. The Kier molecular flexibility index (Phi) is 9.29. The number of sulfonamides is 1. The molecule has 0 bridgehead atoms. The summed E-state index contributed by atoms with van der Waals surface area (Å²) in [6.07, 6.45) is -3.64. The lowest BCUT2D eigenvalue weighted by atomic mass is 10.2. The number of aliphatic imine (C=N–C) groups is 1. The molecule has 1 rings (SSSR count). The number of halogens is 3. The van der Waals surface area contributed by atoms with Gasteiger partial charge in [0.15, 0.2) is 5.96 Å². The lowest BCUT2D eigenvalue weighted by molar-refractivity contribution is -0.181. The molecule has 0 aromatic carbocycles. The summed E-state index contributed by atoms with van der Waals surface area (Å²) >= 11 is 0. The number of hydrogen-bond donors (Lipinski definition) is 1. The molecule has 7 nitrogen and oxygen atoms in total. The Bertz CT molecular complexity index is 575. The highest BCUT2D eigenvalue weighted by atomic mass is 32.2. The first-order chi connectivity index (χ1) is 12.5. The van der Waals surface area contributed by atoms with Crippen LogP contribution in [0.4, 0.5) is 13.2 Å². The van der Waals surface area contributed by atoms with Crippen LogP contribution in [0.5, 0.6) is 0 Å². The Morgan fingerprint density at radius 2 is 1.81 bits per heavy atom. The smallest absolute Gasteiger partial charge is 0.357 e. The topological polar surface area (TPSA) is 68.2 Å². The van der Waals surface area contributed by atoms with Crippen LogP contribution in [0.1, 0.15) is 27.2 Å². The quantitative estimate of drug-likeness (QED) is 0.367. The van der Waals surface area contributed by atoms with Crippen molar-refractivity contribution in [1.82, 2.24) is 19.4 Å². The van der Waals surface area contributed by atoms with Gasteiger partial charge in [0.1, 0.15) is 6.04 Å². The molecule has 1 saturated heterocycles. The predicted octanol–water partition coefficient (Wildman–Crippen LogP) is 1.19. The maximum absolute atomic E-state index is 12.9. The molecule has 11 heteroatoms. The molecule has 0 saturated carbocycles. The Labute approximate surface area is 160 Å². The SMILES string of the molecule is CCNC(=NCCCN(C)S(=O)(=O)CC)N1CCN(C(C)C(F)(F)F)CC1. The van der Waals surface area contributed by atoms with Crippen molar-refractivity contribution in [2.24, 2.45) is 4.99 Å². The Morgan fingerprint density at radius 1 is 1.22 bits per heavy atom. The third kappa shape index (κ3) is 7.46. The maximum atomic E-state index is 12.9. The first-order valence-electron chi connectivity index (χ1n) is 9.31. The Balaban J connectivity index is 2.55. The summed E-state index contributed by atoms with van der Waals surface area (Å²) in [5.74, 6) is 0.730. The van der Waals surface area contributed by atoms with E-state index in [2.05, 4.69) is 10.3 Å². The van der Waals surface area contributed by atoms with Gasteiger partial charge in [0.05, 0.1) is 5.75 Å². The van der Waals surface area contributed by atoms with Gasteiger partial charge in [-0.2, -0.15) is 13.2 Å². The number of alkyl halides is 3. The molecule has 1 N–H and O–H groups in total. The van der Waals surface area contributed by atoms with Crippen molar-refractivity contribution in [1.29, 1.82) is 0 Å². The fourth-order valence-corrected chi connectivity index (χ4v) is 3.64. The van der Waals surface area contributed by atoms with Crippen LogP contribution in [0.25, 0.3) is 0 Å². The van der Waals surface area contributed by atoms with Gasteiger partial charge >= 0.3 is 6.18 Å². The van der Waals surface area contributed by atoms with Crippen molar-refractivity contribution in [2.75, 3.05) is 58.6 Å². The van der Waals surface area contributed by atoms with E-state index in [1.807, 2.05) is 11.8 Å². The summed E-state index contributed by atoms with van der Waals surface area (Å²) in [6, 6.07) is -1.45. The molecule has 160 valence electrons. The first-order valence-corrected chi connectivity index (χ1v) is 10.9. The van der Waals surface area contributed by atoms with E-state index in [0.717, 1.165) is 0 Å². The second kappa shape index (κ2) is 10.5. The number of hydrogen-bond acceptors (Lipinski definition) is 4. The van der Waals surface area contributed by atoms with Gasteiger partial charge < -0.3 is 10.2 Å². The van der Waals surface area contributed by atoms with Crippen molar-refractivity contribution in [3.05, 3.63) is 0 Å². The van der Waals surface area contributed by atoms with Gasteiger partial charge in [-0.05, 0) is 27.2 Å². The van der Waals surface area contributed by atoms with Crippen LogP contribution in [-0.4, -0.2) is 99.3 Å². The molecule has 1 atom stereocenters. The summed E-state index contributed by atoms with van der Waals surface area (Å²) in [4.78, 5) is 7.89. The second-order valence-electron chi connectivity index (χ2n) is 6.55. The fraction of sp³-hybridized carbons (Fsp3) is 0.938. The maximum Gasteiger partial charge on any atom is 0.403 e. The Morgan fingerprint density at radius 3 is 2.30 bits per heavy atom. The van der Waals surface area contributed by atoms with Crippen molar-refractivity contribution in [2.45, 2.75) is 39.4 Å². The zero-order valence-corrected chi connectivity index (χ0v) is 17.4. The molecule has 1 heterocycles. The van der Waals surface area contributed by atoms with E-state index in [9.17, 15) is 21.6 Å². The highest BCUT2D eigenvalue weighted by Crippen LogP contribution is 2.25. The number of nitrogens with one attached hydrogen (secondary N) is 1. The molecular weight excluding hydrogens is 383 g/mol. The summed E-state index contributed by atoms with van der Waals surface area (Å²) in [5.41, 5.74) is 0. The van der Waals surface area contributed by atoms with Crippen molar-refractivity contribution < 1.29 is 21.6 Å². The van der Waals surface area contributed by atoms with Crippen LogP contribution in [0, 0.1) is 0 Å². The monoisotopic (exact) mass is 415 g/mol. The number of piperazine rings is 1. The summed E-state index contributed by atoms with van der Waals surface area (Å²) in [6.45, 7) is 7.79. The van der Waals surface area contributed by atoms with Gasteiger partial charge in [-0.3, -0.25) is 9.89 Å². The van der Waals surface area contributed by atoms with E-state index < -0.39 is 22.2 Å². The van der Waals surface area contributed by atoms with Gasteiger partial charge in [-0.15, -0.1) is 0 Å². The van der Waals surface area contributed by atoms with Crippen LogP contribution >= 0.6 is 0 Å². The van der Waals surface area contributed by atoms with E-state index >= 15 is 0 Å². The molecule has 0 aromatic heterocycles. The molecular formula is C16H32F3N5O2S. The largest absolute Gasteiger partial charge is 0.403 e. The fourth-order valence-electron chi connectivity index (χ4n) is 2.79. The number of guanidine groups is 1. The molecule has 0 aliphatic carbocycles. The molecule has 0 aromatic rings. The van der Waals surface area contributed by atoms with Gasteiger partial charge in [0.2, 0.25) is 10.0 Å². The average molecular weight is 416 g/mol. The number of nitrogens with zero attached hydrogens (tertiary/aromatic N) is 4. The van der Waals surface area contributed by atoms with Gasteiger partial charge in [-0.1, -0.05) is 0 Å². The van der Waals surface area contributed by atoms with Gasteiger partial charge in [-0.25, -0.2) is 12.7 Å². The highest BCUT2D eigenvalue weighted by Gasteiger charge is 2.41. The van der Waals surface area contributed by atoms with Gasteiger partial charge in [0, 0.05) is 52.9 Å². The molecule has 0 amide bonds. The molecule has 0 radical (unpaired) electrons. The molecule has 1 aliphatic heterocycles. The standard InChI is InChI=1S/C16H32F3N5O2S/c1-5-20-15(21-8-7-9-22(4)27(25,26)6-2)24-12-10-23(11-13-24)14(3)16(17,18)19/h14H,5-13H2,1-4H3,(H,20,21). The molecule has 1 unspecified atom stereocenters. The normalized spacial score (nSPS) is 18.8. The molecule has 27 heavy (non-hydrogen) atoms. The van der Waals surface area contributed by atoms with Crippen LogP contribution in [0.3, 0.4) is 0 Å². The molecule has 1 aliphatic rings.